The van der Waals surface area contributed by atoms with Crippen LogP contribution in [0.15, 0.2) is 11.6 Å². The fourth-order valence-electron chi connectivity index (χ4n) is 11.7. The Kier molecular flexibility index (Phi) is 32.0. The molecule has 2 rings (SSSR count). The van der Waals surface area contributed by atoms with E-state index in [0.717, 1.165) is 38.5 Å². The zero-order valence-electron chi connectivity index (χ0n) is 48.9. The number of nitrogens with zero attached hydrogens (tertiary/aromatic N) is 1. The highest BCUT2D eigenvalue weighted by molar-refractivity contribution is 6.26. The third kappa shape index (κ3) is 22.8. The van der Waals surface area contributed by atoms with Crippen LogP contribution >= 0.6 is 0 Å². The van der Waals surface area contributed by atoms with Crippen molar-refractivity contribution in [3.05, 3.63) is 11.6 Å². The van der Waals surface area contributed by atoms with Crippen molar-refractivity contribution in [3.63, 3.8) is 0 Å². The topological polar surface area (TPSA) is 387 Å². The molecule has 0 radical (unpaired) electrons. The minimum absolute atomic E-state index is 0.0489. The Morgan fingerprint density at radius 1 is 0.608 bits per heavy atom. The molecule has 21 heteroatoms. The summed E-state index contributed by atoms with van der Waals surface area (Å²) in [7, 11) is 1.46. The number of likely N-dealkylation sites (N-methyl/N-ethyl adjacent to an activating group) is 1. The van der Waals surface area contributed by atoms with Crippen LogP contribution < -0.4 is 0 Å². The van der Waals surface area contributed by atoms with Gasteiger partial charge >= 0.3 is 0 Å². The predicted molar refractivity (Wildman–Crippen MR) is 293 cm³/mol. The van der Waals surface area contributed by atoms with Crippen LogP contribution in [0.5, 0.6) is 0 Å². The van der Waals surface area contributed by atoms with Crippen LogP contribution in [0, 0.1) is 47.3 Å². The van der Waals surface area contributed by atoms with Gasteiger partial charge in [-0.15, -0.1) is 0 Å². The Hall–Kier alpha value is -2.13. The third-order valence-corrected chi connectivity index (χ3v) is 17.2. The van der Waals surface area contributed by atoms with E-state index in [1.807, 2.05) is 13.8 Å². The van der Waals surface area contributed by atoms with Gasteiger partial charge in [-0.1, -0.05) is 106 Å². The normalized spacial score (nSPS) is 28.8. The van der Waals surface area contributed by atoms with Crippen molar-refractivity contribution in [1.29, 1.82) is 0 Å². The molecule has 2 aliphatic heterocycles. The van der Waals surface area contributed by atoms with Crippen molar-refractivity contribution < 1.29 is 101 Å². The first kappa shape index (κ1) is 73.0. The Morgan fingerprint density at radius 3 is 1.65 bits per heavy atom. The third-order valence-electron chi connectivity index (χ3n) is 17.2. The molecule has 2 aliphatic rings. The maximum absolute atomic E-state index is 12.9. The standard InChI is InChI=1S/C58H107NO20/c1-11-12-13-14-15-16-17-18-38(60)28-58(78)56(76)55(75)54(74)48(79-58)27-45(67)34(6)50(70)33(5)22-39(61)23-40(62)24-41(63)25-42(64)35(7)52(72)36(8)43(65)26-44(66)37(9)53(73)46(68)21-31(3)19-30(2)20-32(4)51(71)49-47(69)29-59(10)57(49)77/h20,30-31,33-46,48-50,52-56,60-68,70,72-76,78H,11-19,21-29H2,1-10H3/b32-20+/t30-,31+,33?,34?,35+,36-,37+,38?,39?,40?,41?,42+,43-,44+,45?,46+,48-,49+,50?,52-,53+,54-,55+,56+,58+/m1/s1. The van der Waals surface area contributed by atoms with Crippen LogP contribution in [-0.4, -0.2) is 221 Å². The molecule has 16 N–H and O–H groups in total. The highest BCUT2D eigenvalue weighted by atomic mass is 16.7. The quantitative estimate of drug-likeness (QED) is 0.0230. The van der Waals surface area contributed by atoms with Gasteiger partial charge < -0.3 is 91.3 Å². The molecule has 0 aromatic rings. The molecule has 0 bridgehead atoms. The Balaban J connectivity index is 1.82. The minimum Gasteiger partial charge on any atom is -0.393 e. The van der Waals surface area contributed by atoms with Gasteiger partial charge in [0, 0.05) is 43.6 Å². The van der Waals surface area contributed by atoms with Crippen molar-refractivity contribution in [2.45, 2.75) is 275 Å². The number of carbonyl (C=O) groups excluding carboxylic acids is 3. The number of aliphatic hydroxyl groups is 16. The molecule has 0 aromatic heterocycles. The summed E-state index contributed by atoms with van der Waals surface area (Å²) in [6.07, 6.45) is -14.6. The molecular weight excluding hydrogens is 1030 g/mol. The molecule has 79 heavy (non-hydrogen) atoms. The molecule has 2 saturated heterocycles. The SMILES string of the molecule is CCCCCCCCCC(O)C[C@]1(O)O[C@H](CC(O)C(C)C(O)C(C)CC(O)CC(O)CC(O)C[C@H](O)[C@H](C)[C@@H](O)[C@H](C)[C@H](O)C[C@H](O)[C@H](C)[C@H](O)[C@@H](O)C[C@@H](C)C[C@@H](C)/C=C(\C)C(=O)[C@@H]2C(=O)CN(C)C2=O)[C@@H](O)[C@H](O)[C@@H]1O. The molecule has 0 aliphatic carbocycles. The molecule has 25 atom stereocenters. The van der Waals surface area contributed by atoms with Gasteiger partial charge in [-0.3, -0.25) is 14.4 Å². The van der Waals surface area contributed by atoms with Gasteiger partial charge in [0.1, 0.15) is 18.3 Å². The number of amides is 1. The number of unbranched alkanes of at least 4 members (excludes halogenated alkanes) is 6. The maximum atomic E-state index is 12.9. The summed E-state index contributed by atoms with van der Waals surface area (Å²) in [5, 5.41) is 175. The monoisotopic (exact) mass is 1140 g/mol. The molecular formula is C58H107NO20. The number of ether oxygens (including phenoxy) is 1. The Morgan fingerprint density at radius 2 is 1.10 bits per heavy atom. The summed E-state index contributed by atoms with van der Waals surface area (Å²) < 4.78 is 5.68. The first-order chi connectivity index (χ1) is 36.7. The number of ketones is 2. The second-order valence-corrected chi connectivity index (χ2v) is 24.7. The molecule has 21 nitrogen and oxygen atoms in total. The van der Waals surface area contributed by atoms with Crippen molar-refractivity contribution in [1.82, 2.24) is 4.90 Å². The summed E-state index contributed by atoms with van der Waals surface area (Å²) in [4.78, 5) is 38.6. The van der Waals surface area contributed by atoms with Crippen molar-refractivity contribution in [2.24, 2.45) is 47.3 Å². The zero-order chi connectivity index (χ0) is 60.4. The van der Waals surface area contributed by atoms with E-state index < -0.39 is 163 Å². The van der Waals surface area contributed by atoms with Gasteiger partial charge in [-0.25, -0.2) is 0 Å². The number of rotatable bonds is 39. The Bertz CT molecular complexity index is 1810. The van der Waals surface area contributed by atoms with E-state index in [2.05, 4.69) is 6.92 Å². The second kappa shape index (κ2) is 34.6. The van der Waals surface area contributed by atoms with Crippen LogP contribution in [0.25, 0.3) is 0 Å². The van der Waals surface area contributed by atoms with Gasteiger partial charge in [-0.2, -0.15) is 0 Å². The molecule has 0 saturated carbocycles. The number of likely N-dealkylation sites (tertiary alicyclic amines) is 1. The lowest BCUT2D eigenvalue weighted by Crippen LogP contribution is -2.65. The van der Waals surface area contributed by atoms with E-state index >= 15 is 0 Å². The minimum atomic E-state index is -2.43. The molecule has 8 unspecified atom stereocenters. The lowest BCUT2D eigenvalue weighted by atomic mass is 9.80. The number of hydrogen-bond donors (Lipinski definition) is 16. The predicted octanol–water partition coefficient (Wildman–Crippen LogP) is 0.764. The van der Waals surface area contributed by atoms with E-state index in [1.165, 1.54) is 39.6 Å². The summed E-state index contributed by atoms with van der Waals surface area (Å²) in [6, 6.07) is 0. The van der Waals surface area contributed by atoms with Crippen LogP contribution in [0.1, 0.15) is 171 Å². The second-order valence-electron chi connectivity index (χ2n) is 24.7. The average molecular weight is 1140 g/mol. The number of Topliss-reactive ketones (excluding diaryl/α,β-unsaturated/α-hetero) is 2. The lowest BCUT2D eigenvalue weighted by Gasteiger charge is -2.47. The number of carbonyl (C=O) groups is 3. The molecule has 2 fully saturated rings. The van der Waals surface area contributed by atoms with E-state index in [0.29, 0.717) is 19.3 Å². The van der Waals surface area contributed by atoms with Crippen molar-refractivity contribution >= 4 is 17.5 Å². The number of aliphatic hydroxyl groups excluding tert-OH is 15. The molecule has 1 amide bonds. The lowest BCUT2D eigenvalue weighted by molar-refractivity contribution is -0.355. The van der Waals surface area contributed by atoms with Crippen LogP contribution in [0.3, 0.4) is 0 Å². The van der Waals surface area contributed by atoms with Gasteiger partial charge in [0.2, 0.25) is 5.91 Å². The van der Waals surface area contributed by atoms with E-state index in [9.17, 15) is 96.1 Å². The van der Waals surface area contributed by atoms with Crippen LogP contribution in [-0.2, 0) is 19.1 Å². The van der Waals surface area contributed by atoms with E-state index in [-0.39, 0.29) is 68.9 Å². The van der Waals surface area contributed by atoms with Gasteiger partial charge in [-0.05, 0) is 81.6 Å². The largest absolute Gasteiger partial charge is 0.393 e. The molecule has 2 heterocycles. The Labute approximate surface area is 469 Å². The first-order valence-electron chi connectivity index (χ1n) is 29.3. The molecule has 0 spiro atoms. The van der Waals surface area contributed by atoms with Crippen molar-refractivity contribution in [3.8, 4) is 0 Å². The van der Waals surface area contributed by atoms with E-state index in [1.54, 1.807) is 19.9 Å². The summed E-state index contributed by atoms with van der Waals surface area (Å²) in [5.41, 5.74) is 0.288. The molecule has 0 aromatic carbocycles. The summed E-state index contributed by atoms with van der Waals surface area (Å²) in [6.45, 7) is 14.9. The fourth-order valence-corrected chi connectivity index (χ4v) is 11.7. The van der Waals surface area contributed by atoms with Gasteiger partial charge in [0.25, 0.3) is 0 Å². The molecule has 464 valence electrons. The highest BCUT2D eigenvalue weighted by Gasteiger charge is 2.54. The van der Waals surface area contributed by atoms with Crippen molar-refractivity contribution in [2.75, 3.05) is 13.6 Å². The zero-order valence-corrected chi connectivity index (χ0v) is 48.9. The van der Waals surface area contributed by atoms with E-state index in [4.69, 9.17) is 4.74 Å². The maximum Gasteiger partial charge on any atom is 0.241 e. The van der Waals surface area contributed by atoms with Gasteiger partial charge in [0.05, 0.1) is 85.9 Å². The summed E-state index contributed by atoms with van der Waals surface area (Å²) >= 11 is 0. The van der Waals surface area contributed by atoms with Crippen LogP contribution in [0.2, 0.25) is 0 Å². The highest BCUT2D eigenvalue weighted by Crippen LogP contribution is 2.36. The van der Waals surface area contributed by atoms with Crippen LogP contribution in [0.4, 0.5) is 0 Å². The smallest absolute Gasteiger partial charge is 0.241 e. The number of allylic oxidation sites excluding steroid dienone is 2. The number of hydrogen-bond acceptors (Lipinski definition) is 20. The summed E-state index contributed by atoms with van der Waals surface area (Å²) in [5.74, 6) is -9.91. The fraction of sp³-hybridized carbons (Fsp3) is 0.914. The van der Waals surface area contributed by atoms with Gasteiger partial charge in [0.15, 0.2) is 23.3 Å². The average Bonchev–Trinajstić information content (AvgIpc) is 3.63. The first-order valence-corrected chi connectivity index (χ1v) is 29.3.